The third-order valence-corrected chi connectivity index (χ3v) is 5.92. The molecule has 0 radical (unpaired) electrons. The van der Waals surface area contributed by atoms with E-state index in [1.807, 2.05) is 19.9 Å². The number of hydrogen-bond acceptors (Lipinski definition) is 8. The monoisotopic (exact) mass is 480 g/mol. The van der Waals surface area contributed by atoms with Crippen molar-refractivity contribution in [3.8, 4) is 0 Å². The highest BCUT2D eigenvalue weighted by Gasteiger charge is 2.23. The van der Waals surface area contributed by atoms with Crippen LogP contribution in [-0.2, 0) is 19.6 Å². The van der Waals surface area contributed by atoms with Crippen LogP contribution in [0, 0.1) is 20.8 Å². The molecule has 3 aromatic rings. The summed E-state index contributed by atoms with van der Waals surface area (Å²) in [5.74, 6) is -1.13. The van der Waals surface area contributed by atoms with Gasteiger partial charge in [-0.3, -0.25) is 9.59 Å². The van der Waals surface area contributed by atoms with Crippen LogP contribution in [0.3, 0.4) is 0 Å². The minimum Gasteiger partial charge on any atom is -0.324 e. The van der Waals surface area contributed by atoms with E-state index in [1.54, 1.807) is 25.1 Å². The van der Waals surface area contributed by atoms with Gasteiger partial charge in [0.1, 0.15) is 0 Å². The predicted octanol–water partition coefficient (Wildman–Crippen LogP) is 3.88. The summed E-state index contributed by atoms with van der Waals surface area (Å²) in [6.45, 7) is 6.77. The first-order valence-electron chi connectivity index (χ1n) is 10.3. The van der Waals surface area contributed by atoms with Gasteiger partial charge in [-0.1, -0.05) is 6.07 Å². The van der Waals surface area contributed by atoms with Crippen LogP contribution in [-0.4, -0.2) is 36.1 Å². The largest absolute Gasteiger partial charge is 0.324 e. The molecule has 1 aromatic heterocycles. The van der Waals surface area contributed by atoms with Crippen LogP contribution in [0.15, 0.2) is 69.9 Å². The number of aromatic nitrogens is 2. The van der Waals surface area contributed by atoms with E-state index < -0.39 is 27.8 Å². The number of aryl methyl sites for hydroxylation is 3. The summed E-state index contributed by atoms with van der Waals surface area (Å²) in [5, 5.41) is 10.5. The van der Waals surface area contributed by atoms with E-state index in [0.717, 1.165) is 11.1 Å². The van der Waals surface area contributed by atoms with Gasteiger partial charge < -0.3 is 5.32 Å². The Bertz CT molecular complexity index is 1330. The molecular formula is C23H24N6O4S. The number of carbonyl (C=O) groups is 2. The van der Waals surface area contributed by atoms with Crippen LogP contribution in [0.1, 0.15) is 23.7 Å². The minimum atomic E-state index is -3.91. The molecule has 0 aliphatic carbocycles. The van der Waals surface area contributed by atoms with E-state index in [0.29, 0.717) is 11.4 Å². The zero-order valence-corrected chi connectivity index (χ0v) is 19.9. The summed E-state index contributed by atoms with van der Waals surface area (Å²) in [7, 11) is -3.91. The standard InChI is InChI=1S/C23H24N6O4S/c1-14-11-15(2)13-19(12-14)26-22(31)21(17(4)30)28-27-18-5-7-20(8-6-18)34(32,33)29-23-24-10-9-16(3)25-23/h5-13,21H,1-4H3,(H,26,31)(H,24,25,29)/t21-/m0/s1. The van der Waals surface area contributed by atoms with Crippen LogP contribution >= 0.6 is 0 Å². The molecule has 34 heavy (non-hydrogen) atoms. The van der Waals surface area contributed by atoms with Gasteiger partial charge in [0.2, 0.25) is 12.0 Å². The van der Waals surface area contributed by atoms with Crippen LogP contribution in [0.25, 0.3) is 0 Å². The topological polar surface area (TPSA) is 143 Å². The summed E-state index contributed by atoms with van der Waals surface area (Å²) in [6, 6.07) is 11.3. The summed E-state index contributed by atoms with van der Waals surface area (Å²) in [6.07, 6.45) is 1.45. The van der Waals surface area contributed by atoms with Crippen molar-refractivity contribution < 1.29 is 18.0 Å². The van der Waals surface area contributed by atoms with Gasteiger partial charge in [-0.05, 0) is 81.3 Å². The quantitative estimate of drug-likeness (QED) is 0.370. The number of amides is 1. The molecule has 1 heterocycles. The maximum Gasteiger partial charge on any atom is 0.264 e. The number of rotatable bonds is 8. The lowest BCUT2D eigenvalue weighted by molar-refractivity contribution is -0.126. The molecular weight excluding hydrogens is 456 g/mol. The summed E-state index contributed by atoms with van der Waals surface area (Å²) >= 11 is 0. The normalized spacial score (nSPS) is 12.4. The lowest BCUT2D eigenvalue weighted by atomic mass is 10.1. The molecule has 2 N–H and O–H groups in total. The van der Waals surface area contributed by atoms with Crippen molar-refractivity contribution >= 4 is 39.0 Å². The average molecular weight is 481 g/mol. The number of azo groups is 1. The Morgan fingerprint density at radius 3 is 2.21 bits per heavy atom. The van der Waals surface area contributed by atoms with Crippen molar-refractivity contribution in [3.05, 3.63) is 71.5 Å². The second-order valence-electron chi connectivity index (χ2n) is 7.72. The number of hydrogen-bond donors (Lipinski definition) is 2. The Labute approximate surface area is 197 Å². The van der Waals surface area contributed by atoms with Crippen molar-refractivity contribution in [2.45, 2.75) is 38.6 Å². The van der Waals surface area contributed by atoms with Crippen LogP contribution in [0.4, 0.5) is 17.3 Å². The fourth-order valence-electron chi connectivity index (χ4n) is 3.07. The fraction of sp³-hybridized carbons (Fsp3) is 0.217. The second kappa shape index (κ2) is 10.3. The first kappa shape index (κ1) is 24.6. The average Bonchev–Trinajstić information content (AvgIpc) is 2.73. The van der Waals surface area contributed by atoms with Gasteiger partial charge in [0.15, 0.2) is 5.78 Å². The van der Waals surface area contributed by atoms with Gasteiger partial charge in [-0.15, -0.1) is 0 Å². The Hall–Kier alpha value is -3.99. The van der Waals surface area contributed by atoms with Gasteiger partial charge in [0.05, 0.1) is 10.6 Å². The summed E-state index contributed by atoms with van der Waals surface area (Å²) in [5.41, 5.74) is 3.38. The second-order valence-corrected chi connectivity index (χ2v) is 9.40. The molecule has 176 valence electrons. The van der Waals surface area contributed by atoms with Gasteiger partial charge in [-0.25, -0.2) is 23.1 Å². The van der Waals surface area contributed by atoms with Gasteiger partial charge in [-0.2, -0.15) is 10.2 Å². The van der Waals surface area contributed by atoms with Gasteiger partial charge in [0, 0.05) is 17.6 Å². The lowest BCUT2D eigenvalue weighted by Gasteiger charge is -2.11. The number of benzene rings is 2. The maximum atomic E-state index is 12.6. The van der Waals surface area contributed by atoms with Crippen molar-refractivity contribution in [3.63, 3.8) is 0 Å². The smallest absolute Gasteiger partial charge is 0.264 e. The number of sulfonamides is 1. The molecule has 0 aliphatic rings. The molecule has 0 aliphatic heterocycles. The first-order chi connectivity index (χ1) is 16.0. The Morgan fingerprint density at radius 1 is 0.971 bits per heavy atom. The lowest BCUT2D eigenvalue weighted by Crippen LogP contribution is -2.31. The Kier molecular flexibility index (Phi) is 7.47. The Balaban J connectivity index is 1.72. The molecule has 0 fully saturated rings. The van der Waals surface area contributed by atoms with Gasteiger partial charge >= 0.3 is 0 Å². The SMILES string of the molecule is CC(=O)[C@H](N=Nc1ccc(S(=O)(=O)Nc2nccc(C)n2)cc1)C(=O)Nc1cc(C)cc(C)c1. The van der Waals surface area contributed by atoms with Gasteiger partial charge in [0.25, 0.3) is 15.9 Å². The van der Waals surface area contributed by atoms with E-state index in [-0.39, 0.29) is 16.5 Å². The van der Waals surface area contributed by atoms with Crippen molar-refractivity contribution in [1.29, 1.82) is 0 Å². The van der Waals surface area contributed by atoms with Crippen molar-refractivity contribution in [2.24, 2.45) is 10.2 Å². The van der Waals surface area contributed by atoms with E-state index in [2.05, 4.69) is 30.2 Å². The van der Waals surface area contributed by atoms with Crippen LogP contribution < -0.4 is 10.0 Å². The molecule has 0 saturated carbocycles. The molecule has 11 heteroatoms. The molecule has 0 spiro atoms. The van der Waals surface area contributed by atoms with E-state index in [1.165, 1.54) is 37.4 Å². The third kappa shape index (κ3) is 6.51. The molecule has 0 saturated heterocycles. The zero-order valence-electron chi connectivity index (χ0n) is 19.1. The Morgan fingerprint density at radius 2 is 1.62 bits per heavy atom. The molecule has 0 bridgehead atoms. The van der Waals surface area contributed by atoms with E-state index >= 15 is 0 Å². The number of carbonyl (C=O) groups excluding carboxylic acids is 2. The third-order valence-electron chi connectivity index (χ3n) is 4.58. The molecule has 3 rings (SSSR count). The van der Waals surface area contributed by atoms with Crippen LogP contribution in [0.2, 0.25) is 0 Å². The number of nitrogens with zero attached hydrogens (tertiary/aromatic N) is 4. The molecule has 2 aromatic carbocycles. The van der Waals surface area contributed by atoms with Crippen molar-refractivity contribution in [2.75, 3.05) is 10.0 Å². The van der Waals surface area contributed by atoms with E-state index in [4.69, 9.17) is 0 Å². The summed E-state index contributed by atoms with van der Waals surface area (Å²) < 4.78 is 27.4. The first-order valence-corrected chi connectivity index (χ1v) is 11.7. The highest BCUT2D eigenvalue weighted by atomic mass is 32.2. The molecule has 10 nitrogen and oxygen atoms in total. The maximum absolute atomic E-state index is 12.6. The highest BCUT2D eigenvalue weighted by molar-refractivity contribution is 7.92. The van der Waals surface area contributed by atoms with Crippen molar-refractivity contribution in [1.82, 2.24) is 9.97 Å². The molecule has 1 amide bonds. The predicted molar refractivity (Wildman–Crippen MR) is 128 cm³/mol. The molecule has 1 atom stereocenters. The number of ketones is 1. The summed E-state index contributed by atoms with van der Waals surface area (Å²) in [4.78, 5) is 32.5. The number of anilines is 2. The number of Topliss-reactive ketones (excluding diaryl/α,β-unsaturated/α-hetero) is 1. The fourth-order valence-corrected chi connectivity index (χ4v) is 4.02. The van der Waals surface area contributed by atoms with Crippen LogP contribution in [0.5, 0.6) is 0 Å². The zero-order chi connectivity index (χ0) is 24.9. The minimum absolute atomic E-state index is 0.0350. The molecule has 0 unspecified atom stereocenters. The number of nitrogens with one attached hydrogen (secondary N) is 2. The van der Waals surface area contributed by atoms with E-state index in [9.17, 15) is 18.0 Å². The highest BCUT2D eigenvalue weighted by Crippen LogP contribution is 2.20.